The summed E-state index contributed by atoms with van der Waals surface area (Å²) >= 11 is 6.12. The number of carboxylic acid groups (broad SMARTS) is 1. The van der Waals surface area contributed by atoms with Crippen LogP contribution in [0.1, 0.15) is 30.9 Å². The summed E-state index contributed by atoms with van der Waals surface area (Å²) in [6.45, 7) is 3.51. The van der Waals surface area contributed by atoms with Crippen molar-refractivity contribution in [2.24, 2.45) is 0 Å². The number of carbonyl (C=O) groups excluding carboxylic acids is 1. The lowest BCUT2D eigenvalue weighted by atomic mass is 10.0. The minimum atomic E-state index is -1.35. The molecule has 2 N–H and O–H groups in total. The number of hydrogen-bond acceptors (Lipinski definition) is 5. The Morgan fingerprint density at radius 1 is 1.35 bits per heavy atom. The summed E-state index contributed by atoms with van der Waals surface area (Å²) in [6.07, 6.45) is 1.68. The number of amides is 1. The molecule has 0 bridgehead atoms. The molecule has 1 atom stereocenters. The molecule has 1 fully saturated rings. The molecule has 0 radical (unpaired) electrons. The predicted octanol–water partition coefficient (Wildman–Crippen LogP) is 2.46. The zero-order chi connectivity index (χ0) is 17.1. The van der Waals surface area contributed by atoms with E-state index in [0.717, 1.165) is 22.2 Å². The van der Waals surface area contributed by atoms with Gasteiger partial charge in [0.25, 0.3) is 5.91 Å². The van der Waals surface area contributed by atoms with Crippen molar-refractivity contribution in [3.8, 4) is 0 Å². The first-order valence-electron chi connectivity index (χ1n) is 7.05. The van der Waals surface area contributed by atoms with E-state index in [0.29, 0.717) is 10.8 Å². The van der Waals surface area contributed by atoms with Crippen LogP contribution in [0.4, 0.5) is 0 Å². The van der Waals surface area contributed by atoms with Crippen LogP contribution in [0.15, 0.2) is 29.2 Å². The number of aliphatic carboxylic acids is 1. The molecule has 1 aliphatic rings. The highest BCUT2D eigenvalue weighted by Gasteiger charge is 2.40. The van der Waals surface area contributed by atoms with Crippen molar-refractivity contribution in [3.05, 3.63) is 40.3 Å². The van der Waals surface area contributed by atoms with Crippen LogP contribution in [0.5, 0.6) is 0 Å². The van der Waals surface area contributed by atoms with Crippen molar-refractivity contribution in [2.75, 3.05) is 6.61 Å². The van der Waals surface area contributed by atoms with E-state index in [4.69, 9.17) is 17.3 Å². The molecule has 1 saturated heterocycles. The highest BCUT2D eigenvalue weighted by atomic mass is 32.2. The average Bonchev–Trinajstić information content (AvgIpc) is 2.76. The highest BCUT2D eigenvalue weighted by Crippen LogP contribution is 2.34. The molecular formula is C16H17NO4S2. The van der Waals surface area contributed by atoms with Gasteiger partial charge in [-0.15, -0.1) is 0 Å². The van der Waals surface area contributed by atoms with Crippen LogP contribution in [0, 0.1) is 0 Å². The molecule has 1 aliphatic heterocycles. The third kappa shape index (κ3) is 3.80. The summed E-state index contributed by atoms with van der Waals surface area (Å²) in [4.78, 5) is 24.8. The number of thiocarbonyl (C=S) groups is 1. The summed E-state index contributed by atoms with van der Waals surface area (Å²) in [5.74, 6) is -1.36. The van der Waals surface area contributed by atoms with E-state index in [1.165, 1.54) is 5.56 Å². The Labute approximate surface area is 144 Å². The maximum Gasteiger partial charge on any atom is 0.329 e. The van der Waals surface area contributed by atoms with Crippen LogP contribution in [0.2, 0.25) is 0 Å². The van der Waals surface area contributed by atoms with Gasteiger partial charge in [-0.05, 0) is 23.1 Å². The second-order valence-electron chi connectivity index (χ2n) is 5.41. The Morgan fingerprint density at radius 3 is 2.43 bits per heavy atom. The van der Waals surface area contributed by atoms with Gasteiger partial charge in [-0.25, -0.2) is 4.79 Å². The van der Waals surface area contributed by atoms with Gasteiger partial charge in [0.2, 0.25) is 0 Å². The zero-order valence-corrected chi connectivity index (χ0v) is 14.4. The lowest BCUT2D eigenvalue weighted by molar-refractivity contribution is -0.146. The van der Waals surface area contributed by atoms with Gasteiger partial charge in [0, 0.05) is 0 Å². The molecule has 0 aromatic heterocycles. The van der Waals surface area contributed by atoms with Gasteiger partial charge in [-0.2, -0.15) is 0 Å². The van der Waals surface area contributed by atoms with E-state index in [2.05, 4.69) is 13.8 Å². The van der Waals surface area contributed by atoms with Gasteiger partial charge in [0.05, 0.1) is 11.5 Å². The minimum Gasteiger partial charge on any atom is -0.480 e. The van der Waals surface area contributed by atoms with Crippen molar-refractivity contribution in [1.29, 1.82) is 0 Å². The van der Waals surface area contributed by atoms with Crippen LogP contribution < -0.4 is 0 Å². The molecule has 1 heterocycles. The smallest absolute Gasteiger partial charge is 0.329 e. The third-order valence-corrected chi connectivity index (χ3v) is 4.82. The van der Waals surface area contributed by atoms with Crippen LogP contribution in [-0.2, 0) is 9.59 Å². The SMILES string of the molecule is CC(C)c1ccc(C=C2SC(=S)N(C(CO)C(=O)O)C2=O)cc1. The molecule has 7 heteroatoms. The van der Waals surface area contributed by atoms with Crippen molar-refractivity contribution in [3.63, 3.8) is 0 Å². The summed E-state index contributed by atoms with van der Waals surface area (Å²) in [6, 6.07) is 6.44. The largest absolute Gasteiger partial charge is 0.480 e. The predicted molar refractivity (Wildman–Crippen MR) is 94.1 cm³/mol. The van der Waals surface area contributed by atoms with Crippen molar-refractivity contribution in [2.45, 2.75) is 25.8 Å². The first-order valence-corrected chi connectivity index (χ1v) is 8.28. The van der Waals surface area contributed by atoms with E-state index in [9.17, 15) is 14.7 Å². The standard InChI is InChI=1S/C16H17NO4S2/c1-9(2)11-5-3-10(4-6-11)7-13-14(19)17(16(22)23-13)12(8-18)15(20)21/h3-7,9,12,18H,8H2,1-2H3,(H,20,21). The molecule has 122 valence electrons. The number of carboxylic acids is 1. The Morgan fingerprint density at radius 2 is 1.96 bits per heavy atom. The van der Waals surface area contributed by atoms with Crippen molar-refractivity contribution < 1.29 is 19.8 Å². The zero-order valence-electron chi connectivity index (χ0n) is 12.7. The van der Waals surface area contributed by atoms with E-state index in [1.807, 2.05) is 24.3 Å². The van der Waals surface area contributed by atoms with Gasteiger partial charge in [0.15, 0.2) is 6.04 Å². The number of nitrogens with zero attached hydrogens (tertiary/aromatic N) is 1. The minimum absolute atomic E-state index is 0.140. The number of carbonyl (C=O) groups is 2. The van der Waals surface area contributed by atoms with Gasteiger partial charge in [0.1, 0.15) is 4.32 Å². The lowest BCUT2D eigenvalue weighted by Crippen LogP contribution is -2.46. The first-order chi connectivity index (χ1) is 10.8. The van der Waals surface area contributed by atoms with Crippen LogP contribution in [0.3, 0.4) is 0 Å². The van der Waals surface area contributed by atoms with Gasteiger partial charge >= 0.3 is 5.97 Å². The average molecular weight is 351 g/mol. The molecule has 5 nitrogen and oxygen atoms in total. The lowest BCUT2D eigenvalue weighted by Gasteiger charge is -2.20. The molecule has 1 amide bonds. The summed E-state index contributed by atoms with van der Waals surface area (Å²) in [7, 11) is 0. The van der Waals surface area contributed by atoms with E-state index in [-0.39, 0.29) is 4.32 Å². The van der Waals surface area contributed by atoms with Crippen molar-refractivity contribution >= 4 is 46.3 Å². The molecular weight excluding hydrogens is 334 g/mol. The Balaban J connectivity index is 2.26. The number of thioether (sulfide) groups is 1. The molecule has 1 unspecified atom stereocenters. The first kappa shape index (κ1) is 17.7. The maximum atomic E-state index is 12.4. The molecule has 0 saturated carbocycles. The van der Waals surface area contributed by atoms with E-state index in [1.54, 1.807) is 6.08 Å². The number of hydrogen-bond donors (Lipinski definition) is 2. The molecule has 1 aromatic rings. The highest BCUT2D eigenvalue weighted by molar-refractivity contribution is 8.26. The maximum absolute atomic E-state index is 12.4. The molecule has 0 aliphatic carbocycles. The fraction of sp³-hybridized carbons (Fsp3) is 0.312. The fourth-order valence-electron chi connectivity index (χ4n) is 2.15. The summed E-state index contributed by atoms with van der Waals surface area (Å²) < 4.78 is 0.140. The Kier molecular flexibility index (Phi) is 5.56. The quantitative estimate of drug-likeness (QED) is 0.627. The van der Waals surface area contributed by atoms with Crippen LogP contribution >= 0.6 is 24.0 Å². The number of aliphatic hydroxyl groups is 1. The van der Waals surface area contributed by atoms with Crippen LogP contribution in [-0.4, -0.2) is 44.0 Å². The Hall–Kier alpha value is -1.70. The van der Waals surface area contributed by atoms with Gasteiger partial charge in [-0.3, -0.25) is 9.69 Å². The molecule has 1 aromatic carbocycles. The summed E-state index contributed by atoms with van der Waals surface area (Å²) in [5.41, 5.74) is 2.03. The van der Waals surface area contributed by atoms with Crippen LogP contribution in [0.25, 0.3) is 6.08 Å². The number of aliphatic hydroxyl groups excluding tert-OH is 1. The normalized spacial score (nSPS) is 18.1. The molecule has 2 rings (SSSR count). The second-order valence-corrected chi connectivity index (χ2v) is 7.09. The molecule has 0 spiro atoms. The third-order valence-electron chi connectivity index (χ3n) is 3.49. The molecule has 23 heavy (non-hydrogen) atoms. The monoisotopic (exact) mass is 351 g/mol. The van der Waals surface area contributed by atoms with Crippen molar-refractivity contribution in [1.82, 2.24) is 4.90 Å². The second kappa shape index (κ2) is 7.25. The fourth-order valence-corrected chi connectivity index (χ4v) is 3.50. The number of rotatable bonds is 5. The topological polar surface area (TPSA) is 77.8 Å². The number of benzene rings is 1. The van der Waals surface area contributed by atoms with E-state index >= 15 is 0 Å². The van der Waals surface area contributed by atoms with Gasteiger partial charge in [-0.1, -0.05) is 62.1 Å². The summed E-state index contributed by atoms with van der Waals surface area (Å²) in [5, 5.41) is 18.3. The van der Waals surface area contributed by atoms with E-state index < -0.39 is 24.5 Å². The van der Waals surface area contributed by atoms with Gasteiger partial charge < -0.3 is 10.2 Å². The Bertz CT molecular complexity index is 667.